The minimum atomic E-state index is -0.767. The third kappa shape index (κ3) is 65.2. The number of allylic oxidation sites excluding steroid dienone is 2. The maximum absolute atomic E-state index is 12.4. The predicted octanol–water partition coefficient (Wildman–Crippen LogP) is 24.2. The van der Waals surface area contributed by atoms with E-state index in [2.05, 4.69) is 26.0 Å². The fraction of sp³-hybridized carbons (Fsp3) is 0.944. The Labute approximate surface area is 477 Å². The van der Waals surface area contributed by atoms with Crippen LogP contribution >= 0.6 is 0 Å². The van der Waals surface area contributed by atoms with E-state index in [-0.39, 0.29) is 25.2 Å². The van der Waals surface area contributed by atoms with Gasteiger partial charge in [0.25, 0.3) is 0 Å². The summed E-state index contributed by atoms with van der Waals surface area (Å²) in [6.07, 6.45) is 86.9. The van der Waals surface area contributed by atoms with Gasteiger partial charge in [0.05, 0.1) is 6.61 Å². The zero-order chi connectivity index (χ0) is 54.8. The second-order valence-corrected chi connectivity index (χ2v) is 24.3. The van der Waals surface area contributed by atoms with Crippen molar-refractivity contribution < 1.29 is 24.2 Å². The molecule has 0 rings (SSSR count). The van der Waals surface area contributed by atoms with E-state index in [1.807, 2.05) is 0 Å². The zero-order valence-electron chi connectivity index (χ0n) is 52.1. The molecular formula is C71H138O5. The Hall–Kier alpha value is -1.36. The minimum absolute atomic E-state index is 0.0569. The molecule has 0 aromatic carbocycles. The third-order valence-corrected chi connectivity index (χ3v) is 16.6. The first-order chi connectivity index (χ1) is 37.6. The van der Waals surface area contributed by atoms with Gasteiger partial charge in [0.1, 0.15) is 6.61 Å². The van der Waals surface area contributed by atoms with Crippen molar-refractivity contribution in [3.8, 4) is 0 Å². The first-order valence-corrected chi connectivity index (χ1v) is 35.2. The molecule has 0 fully saturated rings. The van der Waals surface area contributed by atoms with Crippen LogP contribution in [-0.4, -0.2) is 36.4 Å². The van der Waals surface area contributed by atoms with Gasteiger partial charge in [0.15, 0.2) is 6.10 Å². The maximum Gasteiger partial charge on any atom is 0.306 e. The van der Waals surface area contributed by atoms with Crippen molar-refractivity contribution in [2.75, 3.05) is 13.2 Å². The molecule has 0 aromatic rings. The van der Waals surface area contributed by atoms with Crippen LogP contribution in [0, 0.1) is 0 Å². The van der Waals surface area contributed by atoms with Crippen LogP contribution in [0.2, 0.25) is 0 Å². The molecule has 1 unspecified atom stereocenters. The second kappa shape index (κ2) is 67.9. The molecule has 76 heavy (non-hydrogen) atoms. The average molecular weight is 1070 g/mol. The minimum Gasteiger partial charge on any atom is -0.462 e. The Balaban J connectivity index is 3.36. The van der Waals surface area contributed by atoms with Crippen molar-refractivity contribution in [2.45, 2.75) is 418 Å². The van der Waals surface area contributed by atoms with Crippen LogP contribution in [0.1, 0.15) is 412 Å². The Morgan fingerprint density at radius 2 is 0.487 bits per heavy atom. The summed E-state index contributed by atoms with van der Waals surface area (Å²) in [4.78, 5) is 24.6. The van der Waals surface area contributed by atoms with Crippen LogP contribution in [0.3, 0.4) is 0 Å². The van der Waals surface area contributed by atoms with Gasteiger partial charge in [-0.2, -0.15) is 0 Å². The lowest BCUT2D eigenvalue weighted by atomic mass is 10.0. The summed E-state index contributed by atoms with van der Waals surface area (Å²) >= 11 is 0. The smallest absolute Gasteiger partial charge is 0.306 e. The molecule has 0 aliphatic rings. The largest absolute Gasteiger partial charge is 0.462 e. The van der Waals surface area contributed by atoms with Crippen LogP contribution in [-0.2, 0) is 19.1 Å². The molecule has 452 valence electrons. The molecule has 0 heterocycles. The van der Waals surface area contributed by atoms with E-state index >= 15 is 0 Å². The number of ether oxygens (including phenoxy) is 2. The van der Waals surface area contributed by atoms with Gasteiger partial charge in [-0.3, -0.25) is 9.59 Å². The van der Waals surface area contributed by atoms with Crippen LogP contribution in [0.15, 0.2) is 12.2 Å². The molecule has 0 aromatic heterocycles. The summed E-state index contributed by atoms with van der Waals surface area (Å²) in [6, 6.07) is 0. The number of aliphatic hydroxyl groups excluding tert-OH is 1. The Bertz CT molecular complexity index is 1120. The molecular weight excluding hydrogens is 933 g/mol. The maximum atomic E-state index is 12.4. The van der Waals surface area contributed by atoms with Crippen LogP contribution in [0.4, 0.5) is 0 Å². The standard InChI is InChI=1S/C71H138O5/c1-3-5-7-9-11-13-15-17-19-21-23-25-27-29-31-33-34-35-36-38-39-41-43-45-47-49-51-53-55-57-59-61-63-65-70(73)75-68-69(67-72)76-71(74)66-64-62-60-58-56-54-52-50-48-46-44-42-40-37-32-30-28-26-24-22-20-18-16-14-12-10-8-6-4-2/h22,24,69,72H,3-21,23,25-68H2,1-2H3/b24-22-. The summed E-state index contributed by atoms with van der Waals surface area (Å²) in [5.74, 6) is -0.561. The normalized spacial score (nSPS) is 12.1. The van der Waals surface area contributed by atoms with Gasteiger partial charge >= 0.3 is 11.9 Å². The van der Waals surface area contributed by atoms with Crippen molar-refractivity contribution >= 4 is 11.9 Å². The molecule has 0 radical (unpaired) electrons. The lowest BCUT2D eigenvalue weighted by Gasteiger charge is -2.15. The van der Waals surface area contributed by atoms with E-state index in [0.717, 1.165) is 32.1 Å². The molecule has 0 aliphatic carbocycles. The quantitative estimate of drug-likeness (QED) is 0.0373. The first kappa shape index (κ1) is 74.6. The monoisotopic (exact) mass is 1070 g/mol. The van der Waals surface area contributed by atoms with E-state index in [4.69, 9.17) is 9.47 Å². The SMILES string of the molecule is CCCCCCCCCC/C=C\CCCCCCCCCCCCCCCCCCCC(=O)OC(CO)COC(=O)CCCCCCCCCCCCCCCCCCCCCCCCCCCCCCCCCCC. The topological polar surface area (TPSA) is 72.8 Å². The number of esters is 2. The van der Waals surface area contributed by atoms with Gasteiger partial charge in [-0.25, -0.2) is 0 Å². The number of aliphatic hydroxyl groups is 1. The van der Waals surface area contributed by atoms with Crippen molar-refractivity contribution in [1.82, 2.24) is 0 Å². The van der Waals surface area contributed by atoms with Crippen LogP contribution in [0.25, 0.3) is 0 Å². The van der Waals surface area contributed by atoms with Crippen LogP contribution in [0.5, 0.6) is 0 Å². The van der Waals surface area contributed by atoms with E-state index in [1.165, 1.54) is 353 Å². The fourth-order valence-corrected chi connectivity index (χ4v) is 11.3. The van der Waals surface area contributed by atoms with Gasteiger partial charge in [-0.15, -0.1) is 0 Å². The molecule has 5 nitrogen and oxygen atoms in total. The summed E-state index contributed by atoms with van der Waals surface area (Å²) in [5, 5.41) is 9.70. The highest BCUT2D eigenvalue weighted by atomic mass is 16.6. The van der Waals surface area contributed by atoms with E-state index < -0.39 is 6.10 Å². The molecule has 5 heteroatoms. The molecule has 0 saturated carbocycles. The zero-order valence-corrected chi connectivity index (χ0v) is 52.1. The van der Waals surface area contributed by atoms with Gasteiger partial charge in [-0.05, 0) is 38.5 Å². The molecule has 0 amide bonds. The first-order valence-electron chi connectivity index (χ1n) is 35.2. The fourth-order valence-electron chi connectivity index (χ4n) is 11.3. The van der Waals surface area contributed by atoms with E-state index in [9.17, 15) is 14.7 Å². The number of carbonyl (C=O) groups excluding carboxylic acids is 2. The van der Waals surface area contributed by atoms with Crippen LogP contribution < -0.4 is 0 Å². The van der Waals surface area contributed by atoms with Gasteiger partial charge < -0.3 is 14.6 Å². The van der Waals surface area contributed by atoms with Crippen molar-refractivity contribution in [3.05, 3.63) is 12.2 Å². The lowest BCUT2D eigenvalue weighted by molar-refractivity contribution is -0.161. The molecule has 1 atom stereocenters. The highest BCUT2D eigenvalue weighted by Gasteiger charge is 2.16. The average Bonchev–Trinajstić information content (AvgIpc) is 3.42. The molecule has 0 aliphatic heterocycles. The van der Waals surface area contributed by atoms with E-state index in [1.54, 1.807) is 0 Å². The molecule has 0 bridgehead atoms. The molecule has 1 N–H and O–H groups in total. The summed E-state index contributed by atoms with van der Waals surface area (Å²) in [7, 11) is 0. The molecule has 0 spiro atoms. The highest BCUT2D eigenvalue weighted by molar-refractivity contribution is 5.70. The second-order valence-electron chi connectivity index (χ2n) is 24.3. The summed E-state index contributed by atoms with van der Waals surface area (Å²) < 4.78 is 10.8. The number of carbonyl (C=O) groups is 2. The lowest BCUT2D eigenvalue weighted by Crippen LogP contribution is -2.28. The summed E-state index contributed by atoms with van der Waals surface area (Å²) in [6.45, 7) is 4.22. The van der Waals surface area contributed by atoms with E-state index in [0.29, 0.717) is 12.8 Å². The third-order valence-electron chi connectivity index (χ3n) is 16.6. The highest BCUT2D eigenvalue weighted by Crippen LogP contribution is 2.19. The van der Waals surface area contributed by atoms with Gasteiger partial charge in [0, 0.05) is 12.8 Å². The van der Waals surface area contributed by atoms with Crippen molar-refractivity contribution in [1.29, 1.82) is 0 Å². The Kier molecular flexibility index (Phi) is 66.7. The van der Waals surface area contributed by atoms with Gasteiger partial charge in [-0.1, -0.05) is 373 Å². The Morgan fingerprint density at radius 3 is 0.711 bits per heavy atom. The Morgan fingerprint density at radius 1 is 0.289 bits per heavy atom. The number of hydrogen-bond acceptors (Lipinski definition) is 5. The molecule has 0 saturated heterocycles. The number of hydrogen-bond donors (Lipinski definition) is 1. The number of unbranched alkanes of at least 4 members (excludes halogenated alkanes) is 57. The van der Waals surface area contributed by atoms with Crippen molar-refractivity contribution in [2.24, 2.45) is 0 Å². The number of rotatable bonds is 67. The summed E-state index contributed by atoms with van der Waals surface area (Å²) in [5.41, 5.74) is 0. The van der Waals surface area contributed by atoms with Gasteiger partial charge in [0.2, 0.25) is 0 Å². The van der Waals surface area contributed by atoms with Crippen molar-refractivity contribution in [3.63, 3.8) is 0 Å². The predicted molar refractivity (Wildman–Crippen MR) is 335 cm³/mol.